The molecule has 0 saturated heterocycles. The third-order valence-corrected chi connectivity index (χ3v) is 5.68. The minimum atomic E-state index is 0.325. The van der Waals surface area contributed by atoms with Crippen molar-refractivity contribution in [3.63, 3.8) is 0 Å². The van der Waals surface area contributed by atoms with Crippen LogP contribution in [0.4, 0.5) is 0 Å². The van der Waals surface area contributed by atoms with E-state index in [0.717, 1.165) is 0 Å². The monoisotopic (exact) mass is 460 g/mol. The Balaban J connectivity index is 2.18. The maximum absolute atomic E-state index is 9.57. The first-order valence-corrected chi connectivity index (χ1v) is 9.28. The highest BCUT2D eigenvalue weighted by Crippen LogP contribution is 2.39. The molecule has 0 fully saturated rings. The second-order valence-corrected chi connectivity index (χ2v) is 7.66. The largest absolute Gasteiger partial charge is 0.255 e. The molecule has 2 nitrogen and oxygen atoms in total. The van der Waals surface area contributed by atoms with Gasteiger partial charge in [0.1, 0.15) is 0 Å². The minimum Gasteiger partial charge on any atom is -0.255 e. The number of nitrogens with zero attached hydrogens (tertiary/aromatic N) is 2. The van der Waals surface area contributed by atoms with Crippen molar-refractivity contribution in [2.45, 2.75) is 0 Å². The molecule has 0 spiro atoms. The molecule has 1 aromatic heterocycles. The zero-order valence-electron chi connectivity index (χ0n) is 12.6. The molecule has 0 aliphatic carbocycles. The number of nitriles is 1. The van der Waals surface area contributed by atoms with Gasteiger partial charge in [-0.25, -0.2) is 0 Å². The summed E-state index contributed by atoms with van der Waals surface area (Å²) in [5.41, 5.74) is 2.46. The zero-order valence-corrected chi connectivity index (χ0v) is 17.2. The predicted molar refractivity (Wildman–Crippen MR) is 110 cm³/mol. The summed E-state index contributed by atoms with van der Waals surface area (Å²) >= 11 is 36.5. The van der Waals surface area contributed by atoms with Crippen LogP contribution in [0.2, 0.25) is 30.1 Å². The molecule has 0 bridgehead atoms. The molecule has 3 rings (SSSR count). The number of benzene rings is 2. The fraction of sp³-hybridized carbons (Fsp3) is 0. The summed E-state index contributed by atoms with van der Waals surface area (Å²) in [5, 5.41) is 11.6. The van der Waals surface area contributed by atoms with E-state index < -0.39 is 0 Å². The van der Waals surface area contributed by atoms with Crippen LogP contribution in [0.15, 0.2) is 36.5 Å². The number of rotatable bonds is 2. The maximum atomic E-state index is 9.57. The van der Waals surface area contributed by atoms with Gasteiger partial charge in [-0.2, -0.15) is 5.26 Å². The second kappa shape index (κ2) is 7.82. The van der Waals surface area contributed by atoms with Gasteiger partial charge in [-0.1, -0.05) is 69.6 Å². The summed E-state index contributed by atoms with van der Waals surface area (Å²) in [7, 11) is 0. The van der Waals surface area contributed by atoms with E-state index in [1.807, 2.05) is 0 Å². The Morgan fingerprint density at radius 3 is 1.69 bits per heavy atom. The van der Waals surface area contributed by atoms with Crippen molar-refractivity contribution in [3.8, 4) is 28.5 Å². The normalized spacial score (nSPS) is 10.7. The summed E-state index contributed by atoms with van der Waals surface area (Å²) < 4.78 is 0. The second-order valence-electron chi connectivity index (χ2n) is 5.22. The topological polar surface area (TPSA) is 36.7 Å². The van der Waals surface area contributed by atoms with E-state index in [9.17, 15) is 5.26 Å². The Morgan fingerprint density at radius 2 is 1.12 bits per heavy atom. The Labute approximate surface area is 179 Å². The molecular weight excluding hydrogens is 457 g/mol. The number of halogens is 6. The van der Waals surface area contributed by atoms with Crippen molar-refractivity contribution in [2.24, 2.45) is 0 Å². The lowest BCUT2D eigenvalue weighted by molar-refractivity contribution is 1.31. The van der Waals surface area contributed by atoms with E-state index in [1.165, 1.54) is 18.3 Å². The predicted octanol–water partition coefficient (Wildman–Crippen LogP) is 8.21. The van der Waals surface area contributed by atoms with Gasteiger partial charge >= 0.3 is 0 Å². The molecule has 26 heavy (non-hydrogen) atoms. The summed E-state index contributed by atoms with van der Waals surface area (Å²) in [6.45, 7) is 0. The van der Waals surface area contributed by atoms with Gasteiger partial charge < -0.3 is 0 Å². The van der Waals surface area contributed by atoms with Crippen molar-refractivity contribution in [1.29, 1.82) is 5.26 Å². The van der Waals surface area contributed by atoms with Crippen LogP contribution in [0.5, 0.6) is 0 Å². The molecule has 0 amide bonds. The van der Waals surface area contributed by atoms with E-state index in [-0.39, 0.29) is 0 Å². The van der Waals surface area contributed by atoms with Crippen LogP contribution in [0.3, 0.4) is 0 Å². The van der Waals surface area contributed by atoms with Crippen LogP contribution in [-0.4, -0.2) is 4.98 Å². The van der Waals surface area contributed by atoms with Gasteiger partial charge in [0.15, 0.2) is 0 Å². The van der Waals surface area contributed by atoms with Gasteiger partial charge in [-0.3, -0.25) is 4.98 Å². The minimum absolute atomic E-state index is 0.325. The van der Waals surface area contributed by atoms with E-state index >= 15 is 0 Å². The van der Waals surface area contributed by atoms with E-state index in [0.29, 0.717) is 58.1 Å². The lowest BCUT2D eigenvalue weighted by Crippen LogP contribution is -1.92. The van der Waals surface area contributed by atoms with E-state index in [2.05, 4.69) is 11.1 Å². The maximum Gasteiger partial charge on any atom is 0.0999 e. The van der Waals surface area contributed by atoms with Gasteiger partial charge in [0.25, 0.3) is 0 Å². The van der Waals surface area contributed by atoms with Crippen molar-refractivity contribution in [2.75, 3.05) is 0 Å². The number of pyridine rings is 1. The molecule has 0 aliphatic heterocycles. The van der Waals surface area contributed by atoms with Gasteiger partial charge in [-0.05, 0) is 30.3 Å². The first-order valence-electron chi connectivity index (χ1n) is 7.01. The highest BCUT2D eigenvalue weighted by atomic mass is 35.5. The third-order valence-electron chi connectivity index (χ3n) is 3.61. The zero-order chi connectivity index (χ0) is 19.0. The molecular formula is C18H6Cl6N2. The van der Waals surface area contributed by atoms with Crippen LogP contribution in [0.1, 0.15) is 5.56 Å². The molecule has 0 atom stereocenters. The standard InChI is InChI=1S/C18H6Cl6N2/c19-12-4-16(23)14(21)2-9(12)11-7-26-18(1-8(11)6-25)10-3-15(22)17(24)5-13(10)20/h1-5,7H. The first-order chi connectivity index (χ1) is 12.3. The number of aromatic nitrogens is 1. The first kappa shape index (κ1) is 19.6. The average Bonchev–Trinajstić information content (AvgIpc) is 2.61. The molecule has 2 aromatic carbocycles. The van der Waals surface area contributed by atoms with E-state index in [4.69, 9.17) is 69.6 Å². The molecule has 0 saturated carbocycles. The fourth-order valence-corrected chi connectivity index (χ4v) is 3.65. The Morgan fingerprint density at radius 1 is 0.615 bits per heavy atom. The van der Waals surface area contributed by atoms with Crippen LogP contribution in [-0.2, 0) is 0 Å². The molecule has 8 heteroatoms. The van der Waals surface area contributed by atoms with Crippen LogP contribution in [0, 0.1) is 11.3 Å². The van der Waals surface area contributed by atoms with Crippen LogP contribution >= 0.6 is 69.6 Å². The van der Waals surface area contributed by atoms with Gasteiger partial charge in [0, 0.05) is 22.9 Å². The Kier molecular flexibility index (Phi) is 5.89. The smallest absolute Gasteiger partial charge is 0.0999 e. The highest BCUT2D eigenvalue weighted by Gasteiger charge is 2.16. The van der Waals surface area contributed by atoms with Crippen molar-refractivity contribution in [1.82, 2.24) is 4.98 Å². The summed E-state index contributed by atoms with van der Waals surface area (Å²) in [4.78, 5) is 4.39. The van der Waals surface area contributed by atoms with Gasteiger partial charge in [0.05, 0.1) is 47.5 Å². The number of hydrogen-bond acceptors (Lipinski definition) is 2. The van der Waals surface area contributed by atoms with Crippen molar-refractivity contribution >= 4 is 69.6 Å². The van der Waals surface area contributed by atoms with Crippen LogP contribution in [0.25, 0.3) is 22.4 Å². The quantitative estimate of drug-likeness (QED) is 0.360. The molecule has 0 radical (unpaired) electrons. The molecule has 0 unspecified atom stereocenters. The Hall–Kier alpha value is -1.18. The average molecular weight is 463 g/mol. The van der Waals surface area contributed by atoms with Gasteiger partial charge in [0.2, 0.25) is 0 Å². The molecule has 130 valence electrons. The fourth-order valence-electron chi connectivity index (χ4n) is 2.36. The summed E-state index contributed by atoms with van der Waals surface area (Å²) in [6.07, 6.45) is 1.53. The van der Waals surface area contributed by atoms with Crippen molar-refractivity contribution < 1.29 is 0 Å². The van der Waals surface area contributed by atoms with E-state index in [1.54, 1.807) is 18.2 Å². The lowest BCUT2D eigenvalue weighted by Gasteiger charge is -2.11. The summed E-state index contributed by atoms with van der Waals surface area (Å²) in [5.74, 6) is 0. The van der Waals surface area contributed by atoms with Crippen LogP contribution < -0.4 is 0 Å². The SMILES string of the molecule is N#Cc1cc(-c2cc(Cl)c(Cl)cc2Cl)ncc1-c1cc(Cl)c(Cl)cc1Cl. The summed E-state index contributed by atoms with van der Waals surface area (Å²) in [6, 6.07) is 9.97. The lowest BCUT2D eigenvalue weighted by atomic mass is 10.00. The molecule has 0 aliphatic rings. The third kappa shape index (κ3) is 3.75. The highest BCUT2D eigenvalue weighted by molar-refractivity contribution is 6.44. The number of hydrogen-bond donors (Lipinski definition) is 0. The molecule has 3 aromatic rings. The molecule has 1 heterocycles. The van der Waals surface area contributed by atoms with Crippen molar-refractivity contribution in [3.05, 3.63) is 72.2 Å². The molecule has 0 N–H and O–H groups in total. The van der Waals surface area contributed by atoms with Gasteiger partial charge in [-0.15, -0.1) is 0 Å². The Bertz CT molecular complexity index is 1070.